The zero-order valence-electron chi connectivity index (χ0n) is 19.1. The maximum Gasteiger partial charge on any atom is 0.271 e. The van der Waals surface area contributed by atoms with E-state index < -0.39 is 29.5 Å². The number of hydrogen-bond acceptors (Lipinski definition) is 8. The standard InChI is InChI=1S/C24H24N4O5S.H2S/c1-14-24(2,20(30)12-33-14)28-22(32)18(10-15-5-7-17(29)8-6-15)26-21(31)19-13-34-23(27-19)16-4-3-9-25-11-16;/h3-9,11,13-14,18,29H,10,12H2,1-2H3,(H,26,31)(H,28,32);1H2/t14-,18+,24-;/m1./s1. The Bertz CT molecular complexity index is 1200. The maximum absolute atomic E-state index is 13.3. The van der Waals surface area contributed by atoms with Gasteiger partial charge in [-0.05, 0) is 43.7 Å². The lowest BCUT2D eigenvalue weighted by atomic mass is 9.92. The average molecular weight is 515 g/mol. The third kappa shape index (κ3) is 5.87. The minimum absolute atomic E-state index is 0. The second kappa shape index (κ2) is 11.0. The Balaban J connectivity index is 0.00000342. The van der Waals surface area contributed by atoms with Crippen molar-refractivity contribution < 1.29 is 24.2 Å². The number of phenolic OH excluding ortho intramolecular Hbond substituents is 1. The molecule has 0 radical (unpaired) electrons. The van der Waals surface area contributed by atoms with Crippen LogP contribution in [0.3, 0.4) is 0 Å². The number of ether oxygens (including phenoxy) is 1. The molecular weight excluding hydrogens is 488 g/mol. The fourth-order valence-corrected chi connectivity index (χ4v) is 4.36. The van der Waals surface area contributed by atoms with Crippen LogP contribution in [-0.4, -0.2) is 57.0 Å². The molecule has 2 aromatic heterocycles. The lowest BCUT2D eigenvalue weighted by molar-refractivity contribution is -0.130. The lowest BCUT2D eigenvalue weighted by Gasteiger charge is -2.29. The molecule has 9 nitrogen and oxygen atoms in total. The number of nitrogens with zero attached hydrogens (tertiary/aromatic N) is 2. The molecule has 0 unspecified atom stereocenters. The molecular formula is C24H26N4O5S2. The fourth-order valence-electron chi connectivity index (χ4n) is 3.57. The Kier molecular flexibility index (Phi) is 8.26. The van der Waals surface area contributed by atoms with E-state index in [1.54, 1.807) is 49.8 Å². The summed E-state index contributed by atoms with van der Waals surface area (Å²) in [6.07, 6.45) is 2.95. The minimum Gasteiger partial charge on any atom is -0.508 e. The van der Waals surface area contributed by atoms with Crippen LogP contribution in [0, 0.1) is 0 Å². The number of thiazole rings is 1. The summed E-state index contributed by atoms with van der Waals surface area (Å²) in [7, 11) is 0. The number of carbonyl (C=O) groups excluding carboxylic acids is 3. The van der Waals surface area contributed by atoms with Crippen molar-refractivity contribution in [3.8, 4) is 16.3 Å². The predicted molar refractivity (Wildman–Crippen MR) is 136 cm³/mol. The zero-order valence-corrected chi connectivity index (χ0v) is 21.0. The SMILES string of the molecule is C[C@H]1OCC(=O)[C@]1(C)NC(=O)[C@H](Cc1ccc(O)cc1)NC(=O)c1csc(-c2cccnc2)n1.S. The largest absolute Gasteiger partial charge is 0.508 e. The van der Waals surface area contributed by atoms with Gasteiger partial charge in [-0.2, -0.15) is 13.5 Å². The van der Waals surface area contributed by atoms with Crippen LogP contribution in [0.2, 0.25) is 0 Å². The van der Waals surface area contributed by atoms with Crippen molar-refractivity contribution in [2.75, 3.05) is 6.61 Å². The molecule has 184 valence electrons. The van der Waals surface area contributed by atoms with Gasteiger partial charge in [0.2, 0.25) is 5.91 Å². The molecule has 3 atom stereocenters. The number of phenols is 1. The van der Waals surface area contributed by atoms with E-state index in [4.69, 9.17) is 4.74 Å². The summed E-state index contributed by atoms with van der Waals surface area (Å²) in [5.74, 6) is -1.17. The summed E-state index contributed by atoms with van der Waals surface area (Å²) >= 11 is 1.30. The average Bonchev–Trinajstić information content (AvgIpc) is 3.42. The highest BCUT2D eigenvalue weighted by atomic mass is 32.1. The van der Waals surface area contributed by atoms with E-state index in [1.165, 1.54) is 23.5 Å². The molecule has 0 aliphatic carbocycles. The number of amides is 2. The summed E-state index contributed by atoms with van der Waals surface area (Å²) in [5.41, 5.74) is 0.488. The number of aromatic nitrogens is 2. The molecule has 3 N–H and O–H groups in total. The van der Waals surface area contributed by atoms with Crippen LogP contribution in [0.1, 0.15) is 29.9 Å². The van der Waals surface area contributed by atoms with E-state index in [0.717, 1.165) is 11.1 Å². The van der Waals surface area contributed by atoms with Crippen molar-refractivity contribution in [2.45, 2.75) is 38.0 Å². The summed E-state index contributed by atoms with van der Waals surface area (Å²) in [6.45, 7) is 3.25. The van der Waals surface area contributed by atoms with E-state index in [0.29, 0.717) is 5.01 Å². The van der Waals surface area contributed by atoms with Gasteiger partial charge in [0, 0.05) is 29.8 Å². The topological polar surface area (TPSA) is 131 Å². The Morgan fingerprint density at radius 3 is 2.66 bits per heavy atom. The summed E-state index contributed by atoms with van der Waals surface area (Å²) in [4.78, 5) is 47.1. The van der Waals surface area contributed by atoms with Crippen molar-refractivity contribution in [3.63, 3.8) is 0 Å². The number of pyridine rings is 1. The Labute approximate surface area is 213 Å². The Hall–Kier alpha value is -3.28. The highest BCUT2D eigenvalue weighted by Crippen LogP contribution is 2.24. The van der Waals surface area contributed by atoms with E-state index >= 15 is 0 Å². The number of Topliss-reactive ketones (excluding diaryl/α,β-unsaturated/α-hetero) is 1. The number of benzene rings is 1. The molecule has 11 heteroatoms. The normalized spacial score (nSPS) is 20.1. The van der Waals surface area contributed by atoms with Crippen molar-refractivity contribution in [3.05, 3.63) is 65.4 Å². The molecule has 1 saturated heterocycles. The van der Waals surface area contributed by atoms with Gasteiger partial charge in [0.15, 0.2) is 5.78 Å². The quantitative estimate of drug-likeness (QED) is 0.441. The molecule has 1 aromatic carbocycles. The third-order valence-electron chi connectivity index (χ3n) is 5.88. The molecule has 3 heterocycles. The van der Waals surface area contributed by atoms with Crippen LogP contribution in [0.4, 0.5) is 0 Å². The van der Waals surface area contributed by atoms with Crippen LogP contribution in [0.25, 0.3) is 10.6 Å². The van der Waals surface area contributed by atoms with Crippen LogP contribution >= 0.6 is 24.8 Å². The van der Waals surface area contributed by atoms with Crippen molar-refractivity contribution in [2.24, 2.45) is 0 Å². The molecule has 1 fully saturated rings. The number of carbonyl (C=O) groups is 3. The molecule has 0 bridgehead atoms. The monoisotopic (exact) mass is 514 g/mol. The second-order valence-corrected chi connectivity index (χ2v) is 9.10. The van der Waals surface area contributed by atoms with Crippen molar-refractivity contribution >= 4 is 42.4 Å². The molecule has 2 amide bonds. The van der Waals surface area contributed by atoms with E-state index in [2.05, 4.69) is 20.6 Å². The van der Waals surface area contributed by atoms with Gasteiger partial charge in [-0.15, -0.1) is 11.3 Å². The van der Waals surface area contributed by atoms with Gasteiger partial charge in [-0.25, -0.2) is 4.98 Å². The van der Waals surface area contributed by atoms with Crippen molar-refractivity contribution in [1.82, 2.24) is 20.6 Å². The Morgan fingerprint density at radius 2 is 2.03 bits per heavy atom. The van der Waals surface area contributed by atoms with Gasteiger partial charge in [0.05, 0.1) is 6.10 Å². The first-order chi connectivity index (χ1) is 16.3. The first-order valence-corrected chi connectivity index (χ1v) is 11.6. The first kappa shape index (κ1) is 26.3. The molecule has 0 saturated carbocycles. The highest BCUT2D eigenvalue weighted by molar-refractivity contribution is 7.59. The van der Waals surface area contributed by atoms with Crippen LogP contribution in [0.15, 0.2) is 54.2 Å². The van der Waals surface area contributed by atoms with Crippen LogP contribution in [0.5, 0.6) is 5.75 Å². The van der Waals surface area contributed by atoms with Crippen molar-refractivity contribution in [1.29, 1.82) is 0 Å². The number of nitrogens with one attached hydrogen (secondary N) is 2. The smallest absolute Gasteiger partial charge is 0.271 e. The number of ketones is 1. The summed E-state index contributed by atoms with van der Waals surface area (Å²) in [6, 6.07) is 8.98. The predicted octanol–water partition coefficient (Wildman–Crippen LogP) is 2.23. The van der Waals surface area contributed by atoms with Gasteiger partial charge in [-0.3, -0.25) is 19.4 Å². The maximum atomic E-state index is 13.3. The number of hydrogen-bond donors (Lipinski definition) is 3. The first-order valence-electron chi connectivity index (χ1n) is 10.7. The van der Waals surface area contributed by atoms with Gasteiger partial charge in [-0.1, -0.05) is 12.1 Å². The van der Waals surface area contributed by atoms with Gasteiger partial charge in [0.25, 0.3) is 5.91 Å². The van der Waals surface area contributed by atoms with Gasteiger partial charge in [0.1, 0.15) is 34.6 Å². The van der Waals surface area contributed by atoms with Gasteiger partial charge < -0.3 is 20.5 Å². The zero-order chi connectivity index (χ0) is 24.3. The molecule has 0 spiro atoms. The molecule has 35 heavy (non-hydrogen) atoms. The lowest BCUT2D eigenvalue weighted by Crippen LogP contribution is -2.60. The fraction of sp³-hybridized carbons (Fsp3) is 0.292. The van der Waals surface area contributed by atoms with Crippen LogP contribution < -0.4 is 10.6 Å². The molecule has 4 rings (SSSR count). The Morgan fingerprint density at radius 1 is 1.29 bits per heavy atom. The summed E-state index contributed by atoms with van der Waals surface area (Å²) in [5, 5.41) is 17.3. The number of rotatable bonds is 7. The minimum atomic E-state index is -1.19. The summed E-state index contributed by atoms with van der Waals surface area (Å²) < 4.78 is 5.39. The highest BCUT2D eigenvalue weighted by Gasteiger charge is 2.47. The van der Waals surface area contributed by atoms with Crippen LogP contribution in [-0.2, 0) is 20.7 Å². The molecule has 1 aliphatic heterocycles. The van der Waals surface area contributed by atoms with E-state index in [1.807, 2.05) is 6.07 Å². The second-order valence-electron chi connectivity index (χ2n) is 8.24. The molecule has 1 aliphatic rings. The molecule has 3 aromatic rings. The number of aromatic hydroxyl groups is 1. The third-order valence-corrected chi connectivity index (χ3v) is 6.77. The van der Waals surface area contributed by atoms with E-state index in [9.17, 15) is 19.5 Å². The van der Waals surface area contributed by atoms with E-state index in [-0.39, 0.29) is 43.8 Å². The van der Waals surface area contributed by atoms with Gasteiger partial charge >= 0.3 is 0 Å².